The normalized spacial score (nSPS) is 15.1. The number of benzene rings is 1. The highest BCUT2D eigenvalue weighted by Gasteiger charge is 2.16. The van der Waals surface area contributed by atoms with Crippen molar-refractivity contribution >= 4 is 29.0 Å². The summed E-state index contributed by atoms with van der Waals surface area (Å²) in [5.41, 5.74) is 3.58. The van der Waals surface area contributed by atoms with Crippen molar-refractivity contribution in [2.45, 2.75) is 12.8 Å². The molecule has 5 rings (SSSR count). The number of hydrogen-bond acceptors (Lipinski definition) is 7. The lowest BCUT2D eigenvalue weighted by atomic mass is 10.2. The van der Waals surface area contributed by atoms with Gasteiger partial charge in [0.15, 0.2) is 17.2 Å². The molecule has 0 atom stereocenters. The van der Waals surface area contributed by atoms with Crippen LogP contribution < -0.4 is 20.3 Å². The number of fused-ring (bicyclic) bond motifs is 1. The summed E-state index contributed by atoms with van der Waals surface area (Å²) in [5, 5.41) is 7.04. The van der Waals surface area contributed by atoms with Crippen LogP contribution in [0.4, 0.5) is 10.1 Å². The van der Waals surface area contributed by atoms with E-state index < -0.39 is 5.82 Å². The summed E-state index contributed by atoms with van der Waals surface area (Å²) in [7, 11) is 4.68. The number of aromatic nitrogens is 5. The van der Waals surface area contributed by atoms with Crippen LogP contribution in [0.3, 0.4) is 0 Å². The summed E-state index contributed by atoms with van der Waals surface area (Å²) in [5.74, 6) is -0.289. The fourth-order valence-electron chi connectivity index (χ4n) is 3.77. The van der Waals surface area contributed by atoms with Gasteiger partial charge in [-0.25, -0.2) is 14.4 Å². The second-order valence-electron chi connectivity index (χ2n) is 7.91. The molecule has 178 valence electrons. The van der Waals surface area contributed by atoms with E-state index in [1.165, 1.54) is 26.4 Å². The number of carbonyl (C=O) groups excluding carboxylic acids is 1. The lowest BCUT2D eigenvalue weighted by Gasteiger charge is -2.11. The molecule has 4 heterocycles. The first-order chi connectivity index (χ1) is 16.9. The summed E-state index contributed by atoms with van der Waals surface area (Å²) < 4.78 is 28.9. The smallest absolute Gasteiger partial charge is 0.224 e. The Balaban J connectivity index is 1.78. The van der Waals surface area contributed by atoms with Gasteiger partial charge in [-0.15, -0.1) is 0 Å². The summed E-state index contributed by atoms with van der Waals surface area (Å²) >= 11 is 0. The first kappa shape index (κ1) is 22.3. The minimum atomic E-state index is -0.628. The monoisotopic (exact) mass is 475 g/mol. The van der Waals surface area contributed by atoms with E-state index in [1.807, 2.05) is 13.2 Å². The van der Waals surface area contributed by atoms with E-state index in [2.05, 4.69) is 20.4 Å². The maximum Gasteiger partial charge on any atom is 0.224 e. The lowest BCUT2D eigenvalue weighted by molar-refractivity contribution is -0.118. The maximum absolute atomic E-state index is 15.1. The third kappa shape index (κ3) is 4.35. The Morgan fingerprint density at radius 1 is 1.17 bits per heavy atom. The van der Waals surface area contributed by atoms with Crippen molar-refractivity contribution in [3.8, 4) is 22.8 Å². The van der Waals surface area contributed by atoms with Crippen molar-refractivity contribution in [3.05, 3.63) is 59.9 Å². The molecular weight excluding hydrogens is 453 g/mol. The van der Waals surface area contributed by atoms with Gasteiger partial charge in [-0.05, 0) is 18.6 Å². The number of methoxy groups -OCH3 is 2. The van der Waals surface area contributed by atoms with Crippen molar-refractivity contribution in [2.24, 2.45) is 12.0 Å². The zero-order chi connectivity index (χ0) is 24.5. The minimum absolute atomic E-state index is 0.00973. The van der Waals surface area contributed by atoms with Gasteiger partial charge in [-0.3, -0.25) is 19.0 Å². The highest BCUT2D eigenvalue weighted by molar-refractivity contribution is 5.82. The fourth-order valence-corrected chi connectivity index (χ4v) is 3.77. The molecule has 1 N–H and O–H groups in total. The number of carbonyl (C=O) groups is 1. The number of aryl methyl sites for hydroxylation is 1. The van der Waals surface area contributed by atoms with Crippen LogP contribution in [0.1, 0.15) is 12.8 Å². The number of ether oxygens (including phenoxy) is 2. The molecule has 1 fully saturated rings. The van der Waals surface area contributed by atoms with Gasteiger partial charge in [0.05, 0.1) is 32.3 Å². The van der Waals surface area contributed by atoms with Crippen LogP contribution in [0.25, 0.3) is 28.6 Å². The SMILES string of the molecule is COc1cc(/N=c2\ccc3ncc(-c4cnn(C)c4)nc3n2/C=C2\CCC(=O)N2)c(F)c(OC)c1. The summed E-state index contributed by atoms with van der Waals surface area (Å²) in [6.07, 6.45) is 7.86. The summed E-state index contributed by atoms with van der Waals surface area (Å²) in [6.45, 7) is 0. The molecule has 1 aliphatic rings. The fraction of sp³-hybridized carbons (Fsp3) is 0.208. The first-order valence-electron chi connectivity index (χ1n) is 10.8. The van der Waals surface area contributed by atoms with Crippen LogP contribution in [0.15, 0.2) is 53.5 Å². The molecule has 0 saturated carbocycles. The van der Waals surface area contributed by atoms with Crippen molar-refractivity contribution < 1.29 is 18.7 Å². The molecule has 35 heavy (non-hydrogen) atoms. The molecule has 1 saturated heterocycles. The molecule has 1 aliphatic heterocycles. The highest BCUT2D eigenvalue weighted by Crippen LogP contribution is 2.32. The third-order valence-corrected chi connectivity index (χ3v) is 5.54. The van der Waals surface area contributed by atoms with Crippen molar-refractivity contribution in [1.29, 1.82) is 0 Å². The second kappa shape index (κ2) is 9.01. The molecule has 0 radical (unpaired) electrons. The van der Waals surface area contributed by atoms with E-state index in [-0.39, 0.29) is 17.3 Å². The van der Waals surface area contributed by atoms with Crippen LogP contribution >= 0.6 is 0 Å². The van der Waals surface area contributed by atoms with E-state index in [4.69, 9.17) is 14.5 Å². The number of hydrogen-bond donors (Lipinski definition) is 1. The van der Waals surface area contributed by atoms with E-state index in [1.54, 1.807) is 40.0 Å². The number of nitrogens with one attached hydrogen (secondary N) is 1. The van der Waals surface area contributed by atoms with Gasteiger partial charge in [-0.1, -0.05) is 0 Å². The average Bonchev–Trinajstić information content (AvgIpc) is 3.49. The molecule has 11 heteroatoms. The Kier molecular flexibility index (Phi) is 5.73. The van der Waals surface area contributed by atoms with Crippen LogP contribution in [-0.4, -0.2) is 44.4 Å². The summed E-state index contributed by atoms with van der Waals surface area (Å²) in [4.78, 5) is 25.7. The van der Waals surface area contributed by atoms with Crippen molar-refractivity contribution in [2.75, 3.05) is 14.2 Å². The molecule has 0 spiro atoms. The van der Waals surface area contributed by atoms with E-state index in [0.717, 1.165) is 5.56 Å². The van der Waals surface area contributed by atoms with Gasteiger partial charge in [0.1, 0.15) is 22.4 Å². The minimum Gasteiger partial charge on any atom is -0.497 e. The molecule has 3 aromatic heterocycles. The van der Waals surface area contributed by atoms with Crippen LogP contribution in [0.5, 0.6) is 11.5 Å². The van der Waals surface area contributed by atoms with Gasteiger partial charge in [0.2, 0.25) is 5.91 Å². The van der Waals surface area contributed by atoms with Gasteiger partial charge in [0.25, 0.3) is 0 Å². The molecular formula is C24H22FN7O3. The Morgan fingerprint density at radius 2 is 2.03 bits per heavy atom. The van der Waals surface area contributed by atoms with Gasteiger partial charge in [-0.2, -0.15) is 5.10 Å². The number of pyridine rings is 1. The highest BCUT2D eigenvalue weighted by atomic mass is 19.1. The average molecular weight is 475 g/mol. The van der Waals surface area contributed by atoms with Gasteiger partial charge >= 0.3 is 0 Å². The Labute approximate surface area is 199 Å². The molecule has 0 bridgehead atoms. The largest absolute Gasteiger partial charge is 0.497 e. The summed E-state index contributed by atoms with van der Waals surface area (Å²) in [6, 6.07) is 6.39. The van der Waals surface area contributed by atoms with Crippen molar-refractivity contribution in [3.63, 3.8) is 0 Å². The molecule has 0 unspecified atom stereocenters. The lowest BCUT2D eigenvalue weighted by Crippen LogP contribution is -2.20. The zero-order valence-electron chi connectivity index (χ0n) is 19.3. The topological polar surface area (TPSA) is 108 Å². The van der Waals surface area contributed by atoms with Crippen molar-refractivity contribution in [1.82, 2.24) is 29.6 Å². The zero-order valence-corrected chi connectivity index (χ0v) is 19.3. The number of amides is 1. The van der Waals surface area contributed by atoms with Gasteiger partial charge < -0.3 is 14.8 Å². The second-order valence-corrected chi connectivity index (χ2v) is 7.91. The Bertz CT molecular complexity index is 1550. The standard InChI is InChI=1S/C24H22FN7O3/c1-31-12-14(10-27-31)19-11-26-17-5-6-21(29-18-8-16(34-2)9-20(35-3)23(18)25)32(24(17)30-19)13-15-4-7-22(33)28-15/h5-6,8-13H,4,7H2,1-3H3,(H,28,33)/b15-13+,29-21+. The third-order valence-electron chi connectivity index (χ3n) is 5.54. The molecule has 4 aromatic rings. The number of halogens is 1. The number of rotatable bonds is 5. The molecule has 1 aromatic carbocycles. The van der Waals surface area contributed by atoms with Gasteiger partial charge in [0, 0.05) is 49.3 Å². The maximum atomic E-state index is 15.1. The van der Waals surface area contributed by atoms with Crippen LogP contribution in [0.2, 0.25) is 0 Å². The quantitative estimate of drug-likeness (QED) is 0.476. The predicted octanol–water partition coefficient (Wildman–Crippen LogP) is 2.93. The predicted molar refractivity (Wildman–Crippen MR) is 126 cm³/mol. The Morgan fingerprint density at radius 3 is 2.71 bits per heavy atom. The number of nitrogens with zero attached hydrogens (tertiary/aromatic N) is 6. The molecule has 10 nitrogen and oxygen atoms in total. The van der Waals surface area contributed by atoms with Crippen LogP contribution in [0, 0.1) is 5.82 Å². The Hall–Kier alpha value is -4.54. The van der Waals surface area contributed by atoms with Crippen LogP contribution in [-0.2, 0) is 11.8 Å². The molecule has 1 amide bonds. The molecule has 0 aliphatic carbocycles. The number of allylic oxidation sites excluding steroid dienone is 1. The first-order valence-corrected chi connectivity index (χ1v) is 10.8. The van der Waals surface area contributed by atoms with E-state index >= 15 is 4.39 Å². The van der Waals surface area contributed by atoms with E-state index in [0.29, 0.717) is 46.6 Å². The van der Waals surface area contributed by atoms with E-state index in [9.17, 15) is 4.79 Å².